The largest absolute Gasteiger partial charge is 0.325 e. The van der Waals surface area contributed by atoms with Crippen molar-refractivity contribution < 1.29 is 0 Å². The average molecular weight is 210 g/mol. The first-order valence-electron chi connectivity index (χ1n) is 5.08. The van der Waals surface area contributed by atoms with E-state index in [1.807, 2.05) is 18.0 Å². The van der Waals surface area contributed by atoms with E-state index in [-0.39, 0.29) is 0 Å². The Labute approximate surface area is 90.3 Å². The zero-order valence-corrected chi connectivity index (χ0v) is 9.52. The molecule has 0 spiro atoms. The maximum atomic E-state index is 5.53. The number of hydrogen-bond acceptors (Lipinski definition) is 3. The van der Waals surface area contributed by atoms with Crippen molar-refractivity contribution in [3.8, 4) is 0 Å². The molecular formula is C11H18N2S. The summed E-state index contributed by atoms with van der Waals surface area (Å²) in [5, 5.41) is 0. The van der Waals surface area contributed by atoms with Gasteiger partial charge in [0.15, 0.2) is 0 Å². The topological polar surface area (TPSA) is 38.9 Å². The van der Waals surface area contributed by atoms with Gasteiger partial charge in [0.25, 0.3) is 0 Å². The Bertz CT molecular complexity index is 263. The van der Waals surface area contributed by atoms with Gasteiger partial charge in [-0.3, -0.25) is 4.98 Å². The third-order valence-corrected chi connectivity index (χ3v) is 3.12. The zero-order valence-electron chi connectivity index (χ0n) is 8.70. The molecule has 0 aliphatic rings. The molecule has 2 nitrogen and oxygen atoms in total. The minimum absolute atomic E-state index is 0.535. The van der Waals surface area contributed by atoms with Crippen LogP contribution in [0.15, 0.2) is 18.3 Å². The maximum Gasteiger partial charge on any atom is 0.0542 e. The lowest BCUT2D eigenvalue weighted by atomic mass is 10.2. The van der Waals surface area contributed by atoms with Crippen LogP contribution in [0.3, 0.4) is 0 Å². The number of pyridine rings is 1. The lowest BCUT2D eigenvalue weighted by Crippen LogP contribution is -1.99. The van der Waals surface area contributed by atoms with Crippen LogP contribution < -0.4 is 5.73 Å². The minimum Gasteiger partial charge on any atom is -0.325 e. The van der Waals surface area contributed by atoms with Crippen molar-refractivity contribution in [2.75, 3.05) is 5.75 Å². The molecule has 0 radical (unpaired) electrons. The molecule has 0 atom stereocenters. The number of aromatic nitrogens is 1. The van der Waals surface area contributed by atoms with Crippen LogP contribution in [0.4, 0.5) is 0 Å². The average Bonchev–Trinajstić information content (AvgIpc) is 2.25. The number of nitrogens with zero attached hydrogens (tertiary/aromatic N) is 1. The molecule has 2 N–H and O–H groups in total. The molecule has 0 unspecified atom stereocenters. The summed E-state index contributed by atoms with van der Waals surface area (Å²) in [5.41, 5.74) is 7.85. The summed E-state index contributed by atoms with van der Waals surface area (Å²) in [7, 11) is 0. The van der Waals surface area contributed by atoms with Gasteiger partial charge in [-0.2, -0.15) is 11.8 Å². The standard InChI is InChI=1S/C11H18N2S/c1-2-3-6-14-9-10-4-5-13-11(7-10)8-12/h4-5,7H,2-3,6,8-9,12H2,1H3. The van der Waals surface area contributed by atoms with Gasteiger partial charge in [-0.1, -0.05) is 13.3 Å². The van der Waals surface area contributed by atoms with E-state index in [9.17, 15) is 0 Å². The molecular weight excluding hydrogens is 192 g/mol. The monoisotopic (exact) mass is 210 g/mol. The Hall–Kier alpha value is -0.540. The van der Waals surface area contributed by atoms with Gasteiger partial charge in [0.2, 0.25) is 0 Å². The third kappa shape index (κ3) is 4.11. The SMILES string of the molecule is CCCCSCc1ccnc(CN)c1. The highest BCUT2D eigenvalue weighted by atomic mass is 32.2. The Morgan fingerprint density at radius 3 is 3.07 bits per heavy atom. The summed E-state index contributed by atoms with van der Waals surface area (Å²) in [6.45, 7) is 2.76. The van der Waals surface area contributed by atoms with E-state index in [0.717, 1.165) is 11.4 Å². The molecule has 14 heavy (non-hydrogen) atoms. The highest BCUT2D eigenvalue weighted by molar-refractivity contribution is 7.98. The van der Waals surface area contributed by atoms with E-state index in [1.165, 1.54) is 24.2 Å². The number of unbranched alkanes of at least 4 members (excludes halogenated alkanes) is 1. The first-order chi connectivity index (χ1) is 6.86. The van der Waals surface area contributed by atoms with Gasteiger partial charge >= 0.3 is 0 Å². The minimum atomic E-state index is 0.535. The van der Waals surface area contributed by atoms with Crippen LogP contribution >= 0.6 is 11.8 Å². The third-order valence-electron chi connectivity index (χ3n) is 2.00. The predicted octanol–water partition coefficient (Wildman–Crippen LogP) is 2.57. The van der Waals surface area contributed by atoms with Crippen LogP contribution in [-0.4, -0.2) is 10.7 Å². The normalized spacial score (nSPS) is 10.4. The summed E-state index contributed by atoms with van der Waals surface area (Å²) in [5.74, 6) is 2.33. The molecule has 0 amide bonds. The molecule has 1 aromatic rings. The summed E-state index contributed by atoms with van der Waals surface area (Å²) < 4.78 is 0. The Morgan fingerprint density at radius 2 is 2.36 bits per heavy atom. The molecule has 0 aromatic carbocycles. The van der Waals surface area contributed by atoms with Crippen LogP contribution in [0.5, 0.6) is 0 Å². The van der Waals surface area contributed by atoms with E-state index in [0.29, 0.717) is 6.54 Å². The molecule has 0 bridgehead atoms. The van der Waals surface area contributed by atoms with E-state index in [4.69, 9.17) is 5.73 Å². The number of thioether (sulfide) groups is 1. The lowest BCUT2D eigenvalue weighted by Gasteiger charge is -2.02. The van der Waals surface area contributed by atoms with Crippen molar-refractivity contribution in [3.05, 3.63) is 29.6 Å². The summed E-state index contributed by atoms with van der Waals surface area (Å²) in [4.78, 5) is 4.17. The van der Waals surface area contributed by atoms with Gasteiger partial charge in [0, 0.05) is 18.5 Å². The fourth-order valence-corrected chi connectivity index (χ4v) is 2.22. The van der Waals surface area contributed by atoms with E-state index < -0.39 is 0 Å². The van der Waals surface area contributed by atoms with Crippen molar-refractivity contribution >= 4 is 11.8 Å². The van der Waals surface area contributed by atoms with Crippen LogP contribution in [0.1, 0.15) is 31.0 Å². The molecule has 3 heteroatoms. The Morgan fingerprint density at radius 1 is 1.50 bits per heavy atom. The van der Waals surface area contributed by atoms with E-state index in [2.05, 4.69) is 24.0 Å². The molecule has 0 fully saturated rings. The fraction of sp³-hybridized carbons (Fsp3) is 0.545. The molecule has 0 saturated carbocycles. The van der Waals surface area contributed by atoms with Crippen LogP contribution in [-0.2, 0) is 12.3 Å². The Balaban J connectivity index is 2.34. The predicted molar refractivity (Wildman–Crippen MR) is 63.2 cm³/mol. The molecule has 1 heterocycles. The van der Waals surface area contributed by atoms with Crippen molar-refractivity contribution in [1.29, 1.82) is 0 Å². The van der Waals surface area contributed by atoms with Gasteiger partial charge < -0.3 is 5.73 Å². The van der Waals surface area contributed by atoms with Crippen molar-refractivity contribution in [2.45, 2.75) is 32.1 Å². The first-order valence-corrected chi connectivity index (χ1v) is 6.24. The first kappa shape index (κ1) is 11.5. The zero-order chi connectivity index (χ0) is 10.2. The second kappa shape index (κ2) is 6.85. The molecule has 1 rings (SSSR count). The molecule has 78 valence electrons. The van der Waals surface area contributed by atoms with Gasteiger partial charge in [0.05, 0.1) is 5.69 Å². The highest BCUT2D eigenvalue weighted by Gasteiger charge is 1.96. The van der Waals surface area contributed by atoms with Crippen LogP contribution in [0, 0.1) is 0 Å². The second-order valence-electron chi connectivity index (χ2n) is 3.27. The molecule has 0 saturated heterocycles. The van der Waals surface area contributed by atoms with E-state index in [1.54, 1.807) is 0 Å². The van der Waals surface area contributed by atoms with Crippen molar-refractivity contribution in [3.63, 3.8) is 0 Å². The quantitative estimate of drug-likeness (QED) is 0.733. The van der Waals surface area contributed by atoms with Gasteiger partial charge in [-0.25, -0.2) is 0 Å². The van der Waals surface area contributed by atoms with Crippen LogP contribution in [0.2, 0.25) is 0 Å². The van der Waals surface area contributed by atoms with Gasteiger partial charge in [0.1, 0.15) is 0 Å². The van der Waals surface area contributed by atoms with Crippen molar-refractivity contribution in [1.82, 2.24) is 4.98 Å². The van der Waals surface area contributed by atoms with Gasteiger partial charge in [-0.05, 0) is 29.9 Å². The fourth-order valence-electron chi connectivity index (χ4n) is 1.17. The maximum absolute atomic E-state index is 5.53. The number of hydrogen-bond donors (Lipinski definition) is 1. The number of rotatable bonds is 6. The lowest BCUT2D eigenvalue weighted by molar-refractivity contribution is 0.896. The van der Waals surface area contributed by atoms with Crippen molar-refractivity contribution in [2.24, 2.45) is 5.73 Å². The summed E-state index contributed by atoms with van der Waals surface area (Å²) >= 11 is 1.98. The van der Waals surface area contributed by atoms with Crippen LogP contribution in [0.25, 0.3) is 0 Å². The Kier molecular flexibility index (Phi) is 5.64. The smallest absolute Gasteiger partial charge is 0.0542 e. The summed E-state index contributed by atoms with van der Waals surface area (Å²) in [6, 6.07) is 4.16. The van der Waals surface area contributed by atoms with E-state index >= 15 is 0 Å². The molecule has 0 aliphatic carbocycles. The summed E-state index contributed by atoms with van der Waals surface area (Å²) in [6.07, 6.45) is 4.43. The molecule has 1 aromatic heterocycles. The number of nitrogens with two attached hydrogens (primary N) is 1. The second-order valence-corrected chi connectivity index (χ2v) is 4.37. The highest BCUT2D eigenvalue weighted by Crippen LogP contribution is 2.13. The van der Waals surface area contributed by atoms with Gasteiger partial charge in [-0.15, -0.1) is 0 Å². The molecule has 0 aliphatic heterocycles.